The molecule has 2 rings (SSSR count). The number of carbonyl (C=O) groups excluding carboxylic acids is 1. The number of ether oxygens (including phenoxy) is 2. The lowest BCUT2D eigenvalue weighted by Crippen LogP contribution is -2.46. The fourth-order valence-electron chi connectivity index (χ4n) is 8.30. The SMILES string of the molecule is CCC(O[Si](CC)(CC)C(C)C)C(C)C1OC1CC(C)(O)/C=C/C=C(\C)C1OC(=O)CC(O[Si](CC)(CC)C(C)C)CCC(C)C(O)/C=C\C1C. The Kier molecular flexibility index (Phi) is 18.6. The maximum Gasteiger partial charge on any atom is 0.308 e. The normalized spacial score (nSPS) is 30.4. The van der Waals surface area contributed by atoms with E-state index < -0.39 is 34.4 Å². The molecule has 2 aliphatic rings. The highest BCUT2D eigenvalue weighted by molar-refractivity contribution is 6.75. The number of cyclic esters (lactones) is 1. The molecule has 1 saturated heterocycles. The van der Waals surface area contributed by atoms with Gasteiger partial charge in [0.05, 0.1) is 36.4 Å². The van der Waals surface area contributed by atoms with E-state index in [1.165, 1.54) is 0 Å². The molecule has 0 radical (unpaired) electrons. The van der Waals surface area contributed by atoms with E-state index in [2.05, 4.69) is 76.2 Å². The Morgan fingerprint density at radius 1 is 0.980 bits per heavy atom. The van der Waals surface area contributed by atoms with Crippen LogP contribution in [0.2, 0.25) is 35.3 Å². The Morgan fingerprint density at radius 2 is 1.57 bits per heavy atom. The van der Waals surface area contributed by atoms with Crippen molar-refractivity contribution in [2.24, 2.45) is 17.8 Å². The van der Waals surface area contributed by atoms with Crippen molar-refractivity contribution >= 4 is 22.6 Å². The molecule has 0 bridgehead atoms. The molecule has 9 heteroatoms. The van der Waals surface area contributed by atoms with Gasteiger partial charge in [-0.25, -0.2) is 0 Å². The number of epoxide rings is 1. The first-order chi connectivity index (χ1) is 23.8. The molecule has 0 aromatic heterocycles. The molecule has 0 spiro atoms. The van der Waals surface area contributed by atoms with Crippen molar-refractivity contribution in [1.82, 2.24) is 0 Å². The smallest absolute Gasteiger partial charge is 0.308 e. The molecule has 0 aromatic carbocycles. The molecule has 0 amide bonds. The van der Waals surface area contributed by atoms with Gasteiger partial charge in [-0.2, -0.15) is 0 Å². The van der Waals surface area contributed by atoms with Gasteiger partial charge in [0.2, 0.25) is 0 Å². The van der Waals surface area contributed by atoms with E-state index in [-0.39, 0.29) is 54.6 Å². The lowest BCUT2D eigenvalue weighted by atomic mass is 9.91. The van der Waals surface area contributed by atoms with Gasteiger partial charge in [0.1, 0.15) is 6.10 Å². The largest absolute Gasteiger partial charge is 0.457 e. The van der Waals surface area contributed by atoms with Crippen molar-refractivity contribution in [3.05, 3.63) is 36.0 Å². The van der Waals surface area contributed by atoms with Crippen molar-refractivity contribution in [2.75, 3.05) is 0 Å². The number of rotatable bonds is 18. The third kappa shape index (κ3) is 13.0. The second-order valence-corrected chi connectivity index (χ2v) is 26.8. The molecule has 7 nitrogen and oxygen atoms in total. The second-order valence-electron chi connectivity index (χ2n) is 16.9. The van der Waals surface area contributed by atoms with E-state index in [9.17, 15) is 15.0 Å². The van der Waals surface area contributed by atoms with E-state index in [1.807, 2.05) is 51.2 Å². The fourth-order valence-corrected chi connectivity index (χ4v) is 15.6. The average molecular weight is 751 g/mol. The molecule has 2 aliphatic heterocycles. The summed E-state index contributed by atoms with van der Waals surface area (Å²) in [6.07, 6.45) is 11.5. The highest BCUT2D eigenvalue weighted by Crippen LogP contribution is 2.41. The molecule has 51 heavy (non-hydrogen) atoms. The summed E-state index contributed by atoms with van der Waals surface area (Å²) in [6, 6.07) is 4.25. The number of hydrogen-bond acceptors (Lipinski definition) is 7. The lowest BCUT2D eigenvalue weighted by molar-refractivity contribution is -0.151. The van der Waals surface area contributed by atoms with Gasteiger partial charge in [0.15, 0.2) is 16.6 Å². The van der Waals surface area contributed by atoms with Gasteiger partial charge in [0.25, 0.3) is 0 Å². The Morgan fingerprint density at radius 3 is 2.10 bits per heavy atom. The summed E-state index contributed by atoms with van der Waals surface area (Å²) in [5.74, 6) is -0.0946. The van der Waals surface area contributed by atoms with Crippen LogP contribution < -0.4 is 0 Å². The third-order valence-electron chi connectivity index (χ3n) is 12.6. The number of aliphatic hydroxyl groups is 2. The number of esters is 1. The predicted octanol–water partition coefficient (Wildman–Crippen LogP) is 10.3. The van der Waals surface area contributed by atoms with Crippen molar-refractivity contribution in [3.63, 3.8) is 0 Å². The molecule has 0 aromatic rings. The van der Waals surface area contributed by atoms with Crippen molar-refractivity contribution < 1.29 is 33.3 Å². The number of allylic oxidation sites excluding steroid dienone is 2. The maximum absolute atomic E-state index is 13.5. The zero-order chi connectivity index (χ0) is 38.7. The summed E-state index contributed by atoms with van der Waals surface area (Å²) in [5, 5.41) is 22.3. The first-order valence-corrected chi connectivity index (χ1v) is 25.3. The second kappa shape index (κ2) is 20.6. The Labute approximate surface area is 315 Å². The van der Waals surface area contributed by atoms with Crippen molar-refractivity contribution in [3.8, 4) is 0 Å². The van der Waals surface area contributed by atoms with Gasteiger partial charge >= 0.3 is 5.97 Å². The van der Waals surface area contributed by atoms with Gasteiger partial charge in [-0.15, -0.1) is 0 Å². The van der Waals surface area contributed by atoms with Gasteiger partial charge in [-0.05, 0) is 79.9 Å². The topological polar surface area (TPSA) is 97.8 Å². The zero-order valence-electron chi connectivity index (χ0n) is 35.0. The van der Waals surface area contributed by atoms with Gasteiger partial charge in [-0.1, -0.05) is 113 Å². The third-order valence-corrected chi connectivity index (χ3v) is 23.1. The van der Waals surface area contributed by atoms with Crippen LogP contribution in [0.15, 0.2) is 36.0 Å². The Bertz CT molecular complexity index is 1140. The summed E-state index contributed by atoms with van der Waals surface area (Å²) < 4.78 is 26.2. The summed E-state index contributed by atoms with van der Waals surface area (Å²) in [7, 11) is -3.87. The summed E-state index contributed by atoms with van der Waals surface area (Å²) in [6.45, 7) is 30.4. The van der Waals surface area contributed by atoms with Crippen LogP contribution in [0.25, 0.3) is 0 Å². The van der Waals surface area contributed by atoms with Crippen LogP contribution in [0.5, 0.6) is 0 Å². The first-order valence-electron chi connectivity index (χ1n) is 20.5. The van der Waals surface area contributed by atoms with Crippen LogP contribution in [0, 0.1) is 17.8 Å². The number of aliphatic hydroxyl groups excluding tert-OH is 1. The van der Waals surface area contributed by atoms with E-state index in [0.717, 1.165) is 42.6 Å². The molecule has 10 atom stereocenters. The minimum atomic E-state index is -2.04. The molecule has 296 valence electrons. The monoisotopic (exact) mass is 751 g/mol. The van der Waals surface area contributed by atoms with Gasteiger partial charge in [0, 0.05) is 24.4 Å². The predicted molar refractivity (Wildman–Crippen MR) is 217 cm³/mol. The highest BCUT2D eigenvalue weighted by atomic mass is 28.4. The van der Waals surface area contributed by atoms with Crippen LogP contribution in [0.3, 0.4) is 0 Å². The number of hydrogen-bond donors (Lipinski definition) is 2. The molecular weight excluding hydrogens is 673 g/mol. The molecule has 2 heterocycles. The zero-order valence-corrected chi connectivity index (χ0v) is 37.0. The first kappa shape index (κ1) is 46.1. The number of carbonyl (C=O) groups is 1. The summed E-state index contributed by atoms with van der Waals surface area (Å²) in [5.41, 5.74) is 0.824. The van der Waals surface area contributed by atoms with Crippen LogP contribution in [-0.2, 0) is 23.1 Å². The quantitative estimate of drug-likeness (QED) is 0.0473. The fraction of sp³-hybridized carbons (Fsp3) is 0.833. The van der Waals surface area contributed by atoms with E-state index >= 15 is 0 Å². The highest BCUT2D eigenvalue weighted by Gasteiger charge is 2.49. The van der Waals surface area contributed by atoms with Crippen LogP contribution in [-0.4, -0.2) is 75.0 Å². The van der Waals surface area contributed by atoms with Gasteiger partial charge < -0.3 is 28.5 Å². The molecular formula is C42H78O7Si2. The lowest BCUT2D eigenvalue weighted by Gasteiger charge is -2.39. The van der Waals surface area contributed by atoms with Crippen LogP contribution in [0.4, 0.5) is 0 Å². The minimum Gasteiger partial charge on any atom is -0.457 e. The minimum absolute atomic E-state index is 0.0138. The van der Waals surface area contributed by atoms with E-state index in [4.69, 9.17) is 18.3 Å². The Balaban J connectivity index is 2.18. The Hall–Kier alpha value is -1.08. The standard InChI is InChI=1S/C42H78O7Si2/c1-15-37(49-51(18-4,19-5)30(8)9)34(13)41-38(46-41)28-42(14,45)26-20-21-32(11)40-33(12)23-25-36(43)31(10)22-24-35(27-39(44)47-40)48-50(16-2,17-3)29(6)7/h20-21,23,25-26,29-31,33-38,40-41,43,45H,15-19,22,24,27-28H2,1-14H3/b25-23-,26-20+,32-21+. The summed E-state index contributed by atoms with van der Waals surface area (Å²) in [4.78, 5) is 13.5. The molecule has 1 fully saturated rings. The van der Waals surface area contributed by atoms with Crippen LogP contribution >= 0.6 is 0 Å². The van der Waals surface area contributed by atoms with E-state index in [1.54, 1.807) is 0 Å². The maximum atomic E-state index is 13.5. The van der Waals surface area contributed by atoms with Crippen LogP contribution in [0.1, 0.15) is 129 Å². The van der Waals surface area contributed by atoms with Crippen molar-refractivity contribution in [2.45, 2.75) is 207 Å². The summed E-state index contributed by atoms with van der Waals surface area (Å²) >= 11 is 0. The molecule has 0 aliphatic carbocycles. The van der Waals surface area contributed by atoms with E-state index in [0.29, 0.717) is 23.9 Å². The molecule has 2 N–H and O–H groups in total. The van der Waals surface area contributed by atoms with Crippen molar-refractivity contribution in [1.29, 1.82) is 0 Å². The molecule has 0 saturated carbocycles. The average Bonchev–Trinajstić information content (AvgIpc) is 3.84. The van der Waals surface area contributed by atoms with Gasteiger partial charge in [-0.3, -0.25) is 4.79 Å². The molecule has 10 unspecified atom stereocenters.